The van der Waals surface area contributed by atoms with Gasteiger partial charge in [-0.05, 0) is 31.5 Å². The molecular formula is C16H12N2O2. The maximum Gasteiger partial charge on any atom is 0.256 e. The highest BCUT2D eigenvalue weighted by atomic mass is 16.3. The van der Waals surface area contributed by atoms with Crippen LogP contribution >= 0.6 is 0 Å². The van der Waals surface area contributed by atoms with Crippen LogP contribution in [0.1, 0.15) is 11.3 Å². The fraction of sp³-hybridized carbons (Fsp3) is 0.125. The summed E-state index contributed by atoms with van der Waals surface area (Å²) in [4.78, 5) is 19.5. The number of rotatable bonds is 0. The van der Waals surface area contributed by atoms with Gasteiger partial charge in [0.05, 0.1) is 16.3 Å². The van der Waals surface area contributed by atoms with Gasteiger partial charge in [-0.15, -0.1) is 0 Å². The number of pyridine rings is 2. The number of aromatic amines is 1. The van der Waals surface area contributed by atoms with Crippen molar-refractivity contribution in [3.63, 3.8) is 0 Å². The van der Waals surface area contributed by atoms with Crippen molar-refractivity contribution >= 4 is 33.0 Å². The minimum absolute atomic E-state index is 0.101. The molecule has 0 saturated heterocycles. The Kier molecular flexibility index (Phi) is 2.07. The highest BCUT2D eigenvalue weighted by Gasteiger charge is 2.15. The van der Waals surface area contributed by atoms with E-state index in [0.717, 1.165) is 27.5 Å². The van der Waals surface area contributed by atoms with Gasteiger partial charge in [-0.25, -0.2) is 4.98 Å². The fourth-order valence-electron chi connectivity index (χ4n) is 2.81. The molecule has 4 nitrogen and oxygen atoms in total. The summed E-state index contributed by atoms with van der Waals surface area (Å²) in [6.45, 7) is 3.93. The number of furan rings is 1. The van der Waals surface area contributed by atoms with Crippen LogP contribution in [0.25, 0.3) is 33.0 Å². The lowest BCUT2D eigenvalue weighted by Crippen LogP contribution is -2.05. The summed E-state index contributed by atoms with van der Waals surface area (Å²) in [5.41, 5.74) is 3.85. The minimum Gasteiger partial charge on any atom is -0.435 e. The molecule has 4 aromatic rings. The predicted molar refractivity (Wildman–Crippen MR) is 79.1 cm³/mol. The number of nitrogens with zero attached hydrogens (tertiary/aromatic N) is 1. The van der Waals surface area contributed by atoms with Crippen molar-refractivity contribution in [1.82, 2.24) is 9.97 Å². The molecule has 1 N–H and O–H groups in total. The van der Waals surface area contributed by atoms with Gasteiger partial charge >= 0.3 is 0 Å². The topological polar surface area (TPSA) is 58.9 Å². The zero-order chi connectivity index (χ0) is 13.9. The highest BCUT2D eigenvalue weighted by Crippen LogP contribution is 2.31. The zero-order valence-electron chi connectivity index (χ0n) is 11.2. The standard InChI is InChI=1S/C16H12N2O2/c1-8-7-9(2)17-16-12(8)13-14(20-16)10-5-3-4-6-11(10)15(19)18-13/h3-7H,1-2H3,(H,18,19). The van der Waals surface area contributed by atoms with Crippen molar-refractivity contribution in [3.8, 4) is 0 Å². The van der Waals surface area contributed by atoms with E-state index < -0.39 is 0 Å². The van der Waals surface area contributed by atoms with Gasteiger partial charge in [0.1, 0.15) is 0 Å². The summed E-state index contributed by atoms with van der Waals surface area (Å²) in [7, 11) is 0. The summed E-state index contributed by atoms with van der Waals surface area (Å²) >= 11 is 0. The van der Waals surface area contributed by atoms with Crippen molar-refractivity contribution in [2.75, 3.05) is 0 Å². The van der Waals surface area contributed by atoms with E-state index in [1.807, 2.05) is 38.1 Å². The second-order valence-corrected chi connectivity index (χ2v) is 5.07. The lowest BCUT2D eigenvalue weighted by molar-refractivity contribution is 0.655. The first-order valence-corrected chi connectivity index (χ1v) is 6.46. The molecule has 98 valence electrons. The Morgan fingerprint density at radius 1 is 1.15 bits per heavy atom. The van der Waals surface area contributed by atoms with Crippen LogP contribution in [-0.2, 0) is 0 Å². The molecule has 0 spiro atoms. The summed E-state index contributed by atoms with van der Waals surface area (Å²) in [6, 6.07) is 9.44. The van der Waals surface area contributed by atoms with Crippen LogP contribution in [0, 0.1) is 13.8 Å². The third-order valence-electron chi connectivity index (χ3n) is 3.64. The molecule has 0 aliphatic heterocycles. The third kappa shape index (κ3) is 1.36. The van der Waals surface area contributed by atoms with Gasteiger partial charge in [-0.3, -0.25) is 4.79 Å². The third-order valence-corrected chi connectivity index (χ3v) is 3.64. The Morgan fingerprint density at radius 2 is 1.90 bits per heavy atom. The summed E-state index contributed by atoms with van der Waals surface area (Å²) in [5.74, 6) is 0. The molecule has 0 fully saturated rings. The molecule has 0 amide bonds. The average molecular weight is 264 g/mol. The quantitative estimate of drug-likeness (QED) is 0.529. The van der Waals surface area contributed by atoms with E-state index in [9.17, 15) is 4.79 Å². The Bertz CT molecular complexity index is 1040. The van der Waals surface area contributed by atoms with Crippen LogP contribution < -0.4 is 5.56 Å². The number of H-pyrrole nitrogens is 1. The lowest BCUT2D eigenvalue weighted by atomic mass is 10.1. The van der Waals surface area contributed by atoms with Crippen molar-refractivity contribution in [1.29, 1.82) is 0 Å². The zero-order valence-corrected chi connectivity index (χ0v) is 11.2. The second-order valence-electron chi connectivity index (χ2n) is 5.07. The monoisotopic (exact) mass is 264 g/mol. The molecule has 4 rings (SSSR count). The summed E-state index contributed by atoms with van der Waals surface area (Å²) in [5, 5.41) is 2.34. The number of hydrogen-bond acceptors (Lipinski definition) is 3. The predicted octanol–water partition coefficient (Wildman–Crippen LogP) is 3.44. The lowest BCUT2D eigenvalue weighted by Gasteiger charge is -1.98. The molecule has 1 aromatic carbocycles. The van der Waals surface area contributed by atoms with Crippen molar-refractivity contribution < 1.29 is 4.42 Å². The Balaban J connectivity index is 2.37. The van der Waals surface area contributed by atoms with Crippen molar-refractivity contribution in [2.45, 2.75) is 13.8 Å². The molecule has 0 atom stereocenters. The van der Waals surface area contributed by atoms with Crippen LogP contribution in [0.3, 0.4) is 0 Å². The summed E-state index contributed by atoms with van der Waals surface area (Å²) in [6.07, 6.45) is 0. The van der Waals surface area contributed by atoms with E-state index in [1.54, 1.807) is 6.07 Å². The van der Waals surface area contributed by atoms with E-state index in [-0.39, 0.29) is 5.56 Å². The van der Waals surface area contributed by atoms with Gasteiger partial charge in [0.25, 0.3) is 5.56 Å². The van der Waals surface area contributed by atoms with E-state index in [4.69, 9.17) is 4.42 Å². The van der Waals surface area contributed by atoms with Crippen molar-refractivity contribution in [2.24, 2.45) is 0 Å². The van der Waals surface area contributed by atoms with E-state index >= 15 is 0 Å². The van der Waals surface area contributed by atoms with Gasteiger partial charge in [0, 0.05) is 11.1 Å². The molecule has 20 heavy (non-hydrogen) atoms. The largest absolute Gasteiger partial charge is 0.435 e. The Morgan fingerprint density at radius 3 is 2.70 bits per heavy atom. The van der Waals surface area contributed by atoms with Crippen LogP contribution in [0.5, 0.6) is 0 Å². The first-order chi connectivity index (χ1) is 9.65. The molecule has 0 aliphatic rings. The van der Waals surface area contributed by atoms with E-state index in [0.29, 0.717) is 16.7 Å². The first-order valence-electron chi connectivity index (χ1n) is 6.46. The number of fused-ring (bicyclic) bond motifs is 5. The Hall–Kier alpha value is -2.62. The molecule has 3 heterocycles. The van der Waals surface area contributed by atoms with Crippen LogP contribution in [-0.4, -0.2) is 9.97 Å². The normalized spacial score (nSPS) is 11.7. The SMILES string of the molecule is Cc1cc(C)c2c(n1)oc1c3ccccc3c(=O)[nH]c12. The number of aromatic nitrogens is 2. The maximum atomic E-state index is 12.2. The minimum atomic E-state index is -0.101. The van der Waals surface area contributed by atoms with Crippen LogP contribution in [0.4, 0.5) is 0 Å². The van der Waals surface area contributed by atoms with Crippen molar-refractivity contribution in [3.05, 3.63) is 51.9 Å². The van der Waals surface area contributed by atoms with E-state index in [1.165, 1.54) is 0 Å². The smallest absolute Gasteiger partial charge is 0.256 e. The van der Waals surface area contributed by atoms with Gasteiger partial charge in [0.15, 0.2) is 5.58 Å². The number of aryl methyl sites for hydroxylation is 2. The molecule has 0 unspecified atom stereocenters. The summed E-state index contributed by atoms with van der Waals surface area (Å²) < 4.78 is 5.90. The van der Waals surface area contributed by atoms with Crippen LogP contribution in [0.15, 0.2) is 39.5 Å². The van der Waals surface area contributed by atoms with Gasteiger partial charge in [-0.2, -0.15) is 0 Å². The number of nitrogens with one attached hydrogen (secondary N) is 1. The number of hydrogen-bond donors (Lipinski definition) is 1. The van der Waals surface area contributed by atoms with Gasteiger partial charge in [-0.1, -0.05) is 18.2 Å². The van der Waals surface area contributed by atoms with E-state index in [2.05, 4.69) is 9.97 Å². The van der Waals surface area contributed by atoms with Gasteiger partial charge in [0.2, 0.25) is 5.71 Å². The number of benzene rings is 1. The van der Waals surface area contributed by atoms with Crippen LogP contribution in [0.2, 0.25) is 0 Å². The highest BCUT2D eigenvalue weighted by molar-refractivity contribution is 6.12. The molecule has 0 bridgehead atoms. The molecule has 0 saturated carbocycles. The molecule has 0 aliphatic carbocycles. The second kappa shape index (κ2) is 3.70. The maximum absolute atomic E-state index is 12.2. The van der Waals surface area contributed by atoms with Gasteiger partial charge < -0.3 is 9.40 Å². The molecular weight excluding hydrogens is 252 g/mol. The first kappa shape index (κ1) is 11.2. The Labute approximate surface area is 114 Å². The molecule has 0 radical (unpaired) electrons. The fourth-order valence-corrected chi connectivity index (χ4v) is 2.81. The molecule has 3 aromatic heterocycles. The average Bonchev–Trinajstić information content (AvgIpc) is 2.77. The molecule has 4 heteroatoms.